The molecular weight excluding hydrogens is 352 g/mol. The Bertz CT molecular complexity index is 1030. The second kappa shape index (κ2) is 6.75. The first kappa shape index (κ1) is 17.6. The largest absolute Gasteiger partial charge is 0.478 e. The van der Waals surface area contributed by atoms with E-state index in [0.717, 1.165) is 27.1 Å². The Balaban J connectivity index is 1.87. The molecule has 1 aliphatic heterocycles. The van der Waals surface area contributed by atoms with Gasteiger partial charge in [0.15, 0.2) is 5.60 Å². The van der Waals surface area contributed by atoms with Crippen molar-refractivity contribution in [2.24, 2.45) is 0 Å². The van der Waals surface area contributed by atoms with Crippen LogP contribution in [0.3, 0.4) is 0 Å². The molecule has 0 spiro atoms. The van der Waals surface area contributed by atoms with E-state index in [4.69, 9.17) is 4.74 Å². The predicted molar refractivity (Wildman–Crippen MR) is 113 cm³/mol. The molecule has 0 saturated heterocycles. The SMILES string of the molecule is CC1(C)OC(c2ccc(S)cc2)=C(c2cccc(-c3ccccc3)c2)C1=O. The fraction of sp³-hybridized carbons (Fsp3) is 0.125. The smallest absolute Gasteiger partial charge is 0.210 e. The van der Waals surface area contributed by atoms with Crippen LogP contribution in [-0.4, -0.2) is 11.4 Å². The Kier molecular flexibility index (Phi) is 4.40. The van der Waals surface area contributed by atoms with Crippen molar-refractivity contribution >= 4 is 29.7 Å². The van der Waals surface area contributed by atoms with Crippen molar-refractivity contribution in [1.82, 2.24) is 0 Å². The number of benzene rings is 3. The van der Waals surface area contributed by atoms with E-state index in [2.05, 4.69) is 36.9 Å². The molecule has 0 atom stereocenters. The van der Waals surface area contributed by atoms with Crippen molar-refractivity contribution < 1.29 is 9.53 Å². The minimum Gasteiger partial charge on any atom is -0.478 e. The van der Waals surface area contributed by atoms with Crippen molar-refractivity contribution in [2.75, 3.05) is 0 Å². The zero-order valence-electron chi connectivity index (χ0n) is 15.3. The van der Waals surface area contributed by atoms with Crippen LogP contribution in [-0.2, 0) is 9.53 Å². The van der Waals surface area contributed by atoms with Crippen molar-refractivity contribution in [3.05, 3.63) is 90.0 Å². The fourth-order valence-electron chi connectivity index (χ4n) is 3.32. The van der Waals surface area contributed by atoms with Crippen LogP contribution >= 0.6 is 12.6 Å². The van der Waals surface area contributed by atoms with E-state index in [9.17, 15) is 4.79 Å². The molecule has 0 saturated carbocycles. The molecule has 134 valence electrons. The number of thiol groups is 1. The second-order valence-corrected chi connectivity index (χ2v) is 7.66. The zero-order valence-corrected chi connectivity index (χ0v) is 16.2. The third kappa shape index (κ3) is 3.31. The minimum atomic E-state index is -0.882. The number of rotatable bonds is 3. The van der Waals surface area contributed by atoms with Crippen molar-refractivity contribution in [3.8, 4) is 11.1 Å². The Morgan fingerprint density at radius 3 is 2.07 bits per heavy atom. The highest BCUT2D eigenvalue weighted by Gasteiger charge is 2.42. The predicted octanol–water partition coefficient (Wildman–Crippen LogP) is 5.89. The number of ketones is 1. The molecule has 3 aromatic rings. The fourth-order valence-corrected chi connectivity index (χ4v) is 3.47. The van der Waals surface area contributed by atoms with Gasteiger partial charge < -0.3 is 4.74 Å². The van der Waals surface area contributed by atoms with Gasteiger partial charge in [0.1, 0.15) is 5.76 Å². The number of carbonyl (C=O) groups is 1. The lowest BCUT2D eigenvalue weighted by Crippen LogP contribution is -2.29. The van der Waals surface area contributed by atoms with E-state index in [-0.39, 0.29) is 5.78 Å². The Morgan fingerprint density at radius 2 is 1.37 bits per heavy atom. The van der Waals surface area contributed by atoms with Gasteiger partial charge in [0, 0.05) is 10.5 Å². The number of Topliss-reactive ketones (excluding diaryl/α,β-unsaturated/α-hetero) is 1. The number of carbonyl (C=O) groups excluding carboxylic acids is 1. The topological polar surface area (TPSA) is 26.3 Å². The maximum absolute atomic E-state index is 13.1. The molecule has 0 aliphatic carbocycles. The van der Waals surface area contributed by atoms with Gasteiger partial charge in [-0.1, -0.05) is 60.7 Å². The molecule has 1 heterocycles. The highest BCUT2D eigenvalue weighted by atomic mass is 32.1. The van der Waals surface area contributed by atoms with Crippen LogP contribution in [0.25, 0.3) is 22.5 Å². The van der Waals surface area contributed by atoms with E-state index in [1.165, 1.54) is 0 Å². The lowest BCUT2D eigenvalue weighted by Gasteiger charge is -2.17. The van der Waals surface area contributed by atoms with Crippen molar-refractivity contribution in [1.29, 1.82) is 0 Å². The van der Waals surface area contributed by atoms with Gasteiger partial charge in [0.05, 0.1) is 5.57 Å². The summed E-state index contributed by atoms with van der Waals surface area (Å²) in [6, 6.07) is 25.9. The van der Waals surface area contributed by atoms with Crippen LogP contribution < -0.4 is 0 Å². The van der Waals surface area contributed by atoms with Gasteiger partial charge in [0.2, 0.25) is 5.78 Å². The van der Waals surface area contributed by atoms with Gasteiger partial charge in [-0.3, -0.25) is 4.79 Å². The van der Waals surface area contributed by atoms with Crippen LogP contribution in [0.2, 0.25) is 0 Å². The molecule has 0 aromatic heterocycles. The van der Waals surface area contributed by atoms with Gasteiger partial charge in [-0.25, -0.2) is 0 Å². The number of ether oxygens (including phenoxy) is 1. The summed E-state index contributed by atoms with van der Waals surface area (Å²) in [6.07, 6.45) is 0. The van der Waals surface area contributed by atoms with E-state index < -0.39 is 5.60 Å². The lowest BCUT2D eigenvalue weighted by molar-refractivity contribution is -0.125. The molecule has 1 aliphatic rings. The average Bonchev–Trinajstić information content (AvgIpc) is 2.93. The maximum atomic E-state index is 13.1. The minimum absolute atomic E-state index is 0.00217. The molecule has 3 aromatic carbocycles. The average molecular weight is 372 g/mol. The third-order valence-electron chi connectivity index (χ3n) is 4.75. The highest BCUT2D eigenvalue weighted by molar-refractivity contribution is 7.80. The van der Waals surface area contributed by atoms with Crippen LogP contribution in [0.5, 0.6) is 0 Å². The summed E-state index contributed by atoms with van der Waals surface area (Å²) in [5.74, 6) is 0.626. The summed E-state index contributed by atoms with van der Waals surface area (Å²) in [4.78, 5) is 14.0. The van der Waals surface area contributed by atoms with Gasteiger partial charge >= 0.3 is 0 Å². The summed E-state index contributed by atoms with van der Waals surface area (Å²) >= 11 is 4.35. The lowest BCUT2D eigenvalue weighted by atomic mass is 9.91. The third-order valence-corrected chi connectivity index (χ3v) is 5.04. The van der Waals surface area contributed by atoms with Crippen molar-refractivity contribution in [3.63, 3.8) is 0 Å². The Labute approximate surface area is 164 Å². The van der Waals surface area contributed by atoms with Crippen LogP contribution in [0.15, 0.2) is 83.8 Å². The van der Waals surface area contributed by atoms with E-state index in [1.807, 2.05) is 68.4 Å². The molecule has 27 heavy (non-hydrogen) atoms. The van der Waals surface area contributed by atoms with Gasteiger partial charge in [-0.05, 0) is 48.7 Å². The Morgan fingerprint density at radius 1 is 0.741 bits per heavy atom. The normalized spacial score (nSPS) is 15.7. The van der Waals surface area contributed by atoms with E-state index >= 15 is 0 Å². The zero-order chi connectivity index (χ0) is 19.0. The second-order valence-electron chi connectivity index (χ2n) is 7.14. The van der Waals surface area contributed by atoms with Crippen LogP contribution in [0.1, 0.15) is 25.0 Å². The molecule has 0 bridgehead atoms. The first-order valence-electron chi connectivity index (χ1n) is 8.89. The molecule has 0 unspecified atom stereocenters. The first-order chi connectivity index (χ1) is 13.0. The van der Waals surface area contributed by atoms with Gasteiger partial charge in [-0.2, -0.15) is 0 Å². The molecule has 4 rings (SSSR count). The molecule has 0 radical (unpaired) electrons. The molecule has 0 amide bonds. The quantitative estimate of drug-likeness (QED) is 0.580. The monoisotopic (exact) mass is 372 g/mol. The summed E-state index contributed by atoms with van der Waals surface area (Å²) in [5.41, 5.74) is 3.69. The summed E-state index contributed by atoms with van der Waals surface area (Å²) in [6.45, 7) is 3.63. The van der Waals surface area contributed by atoms with Crippen molar-refractivity contribution in [2.45, 2.75) is 24.3 Å². The van der Waals surface area contributed by atoms with Crippen LogP contribution in [0, 0.1) is 0 Å². The van der Waals surface area contributed by atoms with E-state index in [0.29, 0.717) is 11.3 Å². The molecule has 2 nitrogen and oxygen atoms in total. The summed E-state index contributed by atoms with van der Waals surface area (Å²) in [7, 11) is 0. The van der Waals surface area contributed by atoms with Gasteiger partial charge in [0.25, 0.3) is 0 Å². The molecule has 0 fully saturated rings. The van der Waals surface area contributed by atoms with Gasteiger partial charge in [-0.15, -0.1) is 12.6 Å². The molecule has 3 heteroatoms. The number of hydrogen-bond acceptors (Lipinski definition) is 3. The molecule has 0 N–H and O–H groups in total. The first-order valence-corrected chi connectivity index (χ1v) is 9.34. The highest BCUT2D eigenvalue weighted by Crippen LogP contribution is 2.42. The number of hydrogen-bond donors (Lipinski definition) is 1. The molecular formula is C24H20O2S. The van der Waals surface area contributed by atoms with E-state index in [1.54, 1.807) is 0 Å². The maximum Gasteiger partial charge on any atom is 0.210 e. The Hall–Kier alpha value is -2.78. The standard InChI is InChI=1S/C24H20O2S/c1-24(2)23(25)21(22(26-24)17-11-13-20(27)14-12-17)19-10-6-9-18(15-19)16-7-4-3-5-8-16/h3-15,27H,1-2H3. The summed E-state index contributed by atoms with van der Waals surface area (Å²) < 4.78 is 6.10. The summed E-state index contributed by atoms with van der Waals surface area (Å²) in [5, 5.41) is 0. The van der Waals surface area contributed by atoms with Crippen LogP contribution in [0.4, 0.5) is 0 Å².